The Morgan fingerprint density at radius 2 is 1.10 bits per heavy atom. The first-order valence-corrected chi connectivity index (χ1v) is 20.5. The first kappa shape index (κ1) is 46.2. The molecule has 1 unspecified atom stereocenters. The standard InChI is InChI=1S/C38H70NO8P/c1-3-5-7-9-11-13-15-16-17-18-19-20-21-23-24-26-28-30-37(40)44-34-36(35-46-48(42,43)45-33-32-39)47-38(41)31-29-27-25-22-14-12-10-8-6-4-2/h16-17,19-20,23-24,36H,3-15,18,21-22,25-35,39H2,1-2H3,(H,42,43)/b17-16+,20-19+,24-23+/t36-/m0/s1. The summed E-state index contributed by atoms with van der Waals surface area (Å²) < 4.78 is 32.5. The van der Waals surface area contributed by atoms with Crippen molar-refractivity contribution >= 4 is 19.8 Å². The lowest BCUT2D eigenvalue weighted by Gasteiger charge is -2.19. The molecule has 0 heterocycles. The molecule has 0 fully saturated rings. The zero-order valence-corrected chi connectivity index (χ0v) is 31.4. The van der Waals surface area contributed by atoms with Gasteiger partial charge in [-0.15, -0.1) is 0 Å². The number of hydrogen-bond acceptors (Lipinski definition) is 8. The van der Waals surface area contributed by atoms with Gasteiger partial charge in [-0.05, 0) is 44.9 Å². The number of nitrogens with two attached hydrogens (primary N) is 1. The summed E-state index contributed by atoms with van der Waals surface area (Å²) in [4.78, 5) is 34.6. The van der Waals surface area contributed by atoms with E-state index in [0.717, 1.165) is 44.9 Å². The lowest BCUT2D eigenvalue weighted by molar-refractivity contribution is -0.161. The third kappa shape index (κ3) is 34.1. The van der Waals surface area contributed by atoms with Crippen LogP contribution in [0.25, 0.3) is 0 Å². The highest BCUT2D eigenvalue weighted by Crippen LogP contribution is 2.43. The van der Waals surface area contributed by atoms with Crippen LogP contribution in [-0.2, 0) is 32.7 Å². The Bertz CT molecular complexity index is 892. The molecule has 0 aliphatic carbocycles. The minimum absolute atomic E-state index is 0.0473. The van der Waals surface area contributed by atoms with Crippen molar-refractivity contribution in [2.45, 2.75) is 168 Å². The largest absolute Gasteiger partial charge is 0.472 e. The van der Waals surface area contributed by atoms with Crippen molar-refractivity contribution in [1.29, 1.82) is 0 Å². The molecular weight excluding hydrogens is 629 g/mol. The predicted octanol–water partition coefficient (Wildman–Crippen LogP) is 10.2. The minimum atomic E-state index is -4.38. The van der Waals surface area contributed by atoms with Gasteiger partial charge in [-0.3, -0.25) is 18.6 Å². The Balaban J connectivity index is 4.29. The van der Waals surface area contributed by atoms with Gasteiger partial charge in [0, 0.05) is 19.4 Å². The second-order valence-corrected chi connectivity index (χ2v) is 13.9. The van der Waals surface area contributed by atoms with Gasteiger partial charge in [0.25, 0.3) is 0 Å². The van der Waals surface area contributed by atoms with E-state index in [4.69, 9.17) is 24.3 Å². The Labute approximate surface area is 293 Å². The molecule has 0 saturated heterocycles. The molecule has 0 aliphatic heterocycles. The highest BCUT2D eigenvalue weighted by molar-refractivity contribution is 7.47. The molecule has 0 radical (unpaired) electrons. The fourth-order valence-corrected chi connectivity index (χ4v) is 5.71. The number of carbonyl (C=O) groups is 2. The second-order valence-electron chi connectivity index (χ2n) is 12.4. The molecule has 0 aromatic rings. The van der Waals surface area contributed by atoms with Gasteiger partial charge in [0.2, 0.25) is 0 Å². The molecule has 0 aliphatic rings. The lowest BCUT2D eigenvalue weighted by Crippen LogP contribution is -2.29. The third-order valence-corrected chi connectivity index (χ3v) is 8.76. The fourth-order valence-electron chi connectivity index (χ4n) is 4.94. The second kappa shape index (κ2) is 35.1. The van der Waals surface area contributed by atoms with Crippen LogP contribution in [0.1, 0.15) is 162 Å². The molecule has 0 aromatic carbocycles. The molecule has 0 aromatic heterocycles. The monoisotopic (exact) mass is 699 g/mol. The molecule has 48 heavy (non-hydrogen) atoms. The normalized spacial score (nSPS) is 13.8. The summed E-state index contributed by atoms with van der Waals surface area (Å²) in [6.07, 6.45) is 36.2. The van der Waals surface area contributed by atoms with Crippen LogP contribution in [0.4, 0.5) is 0 Å². The first-order valence-electron chi connectivity index (χ1n) is 19.0. The van der Waals surface area contributed by atoms with E-state index in [-0.39, 0.29) is 32.6 Å². The van der Waals surface area contributed by atoms with Crippen molar-refractivity contribution in [3.05, 3.63) is 36.5 Å². The van der Waals surface area contributed by atoms with Gasteiger partial charge in [0.1, 0.15) is 6.61 Å². The molecule has 0 rings (SSSR count). The van der Waals surface area contributed by atoms with Crippen LogP contribution < -0.4 is 5.73 Å². The molecule has 3 N–H and O–H groups in total. The van der Waals surface area contributed by atoms with E-state index >= 15 is 0 Å². The van der Waals surface area contributed by atoms with Crippen LogP contribution in [0.3, 0.4) is 0 Å². The van der Waals surface area contributed by atoms with E-state index in [1.54, 1.807) is 0 Å². The Hall–Kier alpha value is -1.77. The van der Waals surface area contributed by atoms with Crippen LogP contribution in [0.2, 0.25) is 0 Å². The lowest BCUT2D eigenvalue weighted by atomic mass is 10.1. The highest BCUT2D eigenvalue weighted by atomic mass is 31.2. The van der Waals surface area contributed by atoms with E-state index < -0.39 is 32.5 Å². The number of phosphoric ester groups is 1. The number of hydrogen-bond donors (Lipinski definition) is 2. The number of allylic oxidation sites excluding steroid dienone is 6. The van der Waals surface area contributed by atoms with Crippen LogP contribution in [0.5, 0.6) is 0 Å². The smallest absolute Gasteiger partial charge is 0.462 e. The van der Waals surface area contributed by atoms with Crippen molar-refractivity contribution in [1.82, 2.24) is 0 Å². The number of esters is 2. The molecule has 0 amide bonds. The SMILES string of the molecule is CCCCCCCC/C=C/C/C=C/C/C=C/CCCC(=O)OC[C@@H](COP(=O)(O)OCCN)OC(=O)CCCCCCCCCCCC. The van der Waals surface area contributed by atoms with Crippen molar-refractivity contribution in [3.8, 4) is 0 Å². The van der Waals surface area contributed by atoms with Crippen LogP contribution in [0, 0.1) is 0 Å². The molecule has 0 saturated carbocycles. The topological polar surface area (TPSA) is 134 Å². The van der Waals surface area contributed by atoms with E-state index in [1.165, 1.54) is 77.0 Å². The van der Waals surface area contributed by atoms with Crippen LogP contribution in [-0.4, -0.2) is 49.3 Å². The molecule has 0 spiro atoms. The van der Waals surface area contributed by atoms with Gasteiger partial charge in [-0.1, -0.05) is 140 Å². The summed E-state index contributed by atoms with van der Waals surface area (Å²) in [6, 6.07) is 0. The highest BCUT2D eigenvalue weighted by Gasteiger charge is 2.25. The number of rotatable bonds is 35. The maximum atomic E-state index is 12.5. The van der Waals surface area contributed by atoms with Gasteiger partial charge in [0.15, 0.2) is 6.10 Å². The molecule has 10 heteroatoms. The fraction of sp³-hybridized carbons (Fsp3) is 0.789. The number of phosphoric acid groups is 1. The molecule has 0 bridgehead atoms. The maximum Gasteiger partial charge on any atom is 0.472 e. The average Bonchev–Trinajstić information content (AvgIpc) is 3.07. The Morgan fingerprint density at radius 1 is 0.625 bits per heavy atom. The quantitative estimate of drug-likeness (QED) is 0.0287. The maximum absolute atomic E-state index is 12.5. The van der Waals surface area contributed by atoms with Crippen molar-refractivity contribution in [2.24, 2.45) is 5.73 Å². The van der Waals surface area contributed by atoms with Gasteiger partial charge < -0.3 is 20.1 Å². The van der Waals surface area contributed by atoms with Crippen LogP contribution in [0.15, 0.2) is 36.5 Å². The minimum Gasteiger partial charge on any atom is -0.462 e. The Kier molecular flexibility index (Phi) is 33.8. The summed E-state index contributed by atoms with van der Waals surface area (Å²) in [5.74, 6) is -0.892. The first-order chi connectivity index (χ1) is 23.3. The summed E-state index contributed by atoms with van der Waals surface area (Å²) in [5, 5.41) is 0. The molecule has 2 atom stereocenters. The van der Waals surface area contributed by atoms with E-state index in [2.05, 4.69) is 50.3 Å². The van der Waals surface area contributed by atoms with Gasteiger partial charge in [0.05, 0.1) is 13.2 Å². The predicted molar refractivity (Wildman–Crippen MR) is 197 cm³/mol. The number of ether oxygens (including phenoxy) is 2. The summed E-state index contributed by atoms with van der Waals surface area (Å²) in [6.45, 7) is 3.63. The number of carbonyl (C=O) groups excluding carboxylic acids is 2. The zero-order valence-electron chi connectivity index (χ0n) is 30.5. The summed E-state index contributed by atoms with van der Waals surface area (Å²) in [7, 11) is -4.38. The molecule has 9 nitrogen and oxygen atoms in total. The van der Waals surface area contributed by atoms with Gasteiger partial charge in [-0.25, -0.2) is 4.57 Å². The van der Waals surface area contributed by atoms with Crippen molar-refractivity contribution in [3.63, 3.8) is 0 Å². The molecule has 280 valence electrons. The van der Waals surface area contributed by atoms with Gasteiger partial charge >= 0.3 is 19.8 Å². The van der Waals surface area contributed by atoms with E-state index in [9.17, 15) is 19.0 Å². The van der Waals surface area contributed by atoms with Crippen LogP contribution >= 0.6 is 7.82 Å². The van der Waals surface area contributed by atoms with Crippen molar-refractivity contribution in [2.75, 3.05) is 26.4 Å². The summed E-state index contributed by atoms with van der Waals surface area (Å²) >= 11 is 0. The third-order valence-electron chi connectivity index (χ3n) is 7.78. The Morgan fingerprint density at radius 3 is 1.67 bits per heavy atom. The van der Waals surface area contributed by atoms with E-state index in [1.807, 2.05) is 0 Å². The number of unbranched alkanes of at least 4 members (excludes halogenated alkanes) is 16. The average molecular weight is 700 g/mol. The van der Waals surface area contributed by atoms with Gasteiger partial charge in [-0.2, -0.15) is 0 Å². The van der Waals surface area contributed by atoms with E-state index in [0.29, 0.717) is 12.8 Å². The zero-order chi connectivity index (χ0) is 35.4. The van der Waals surface area contributed by atoms with Crippen molar-refractivity contribution < 1.29 is 37.6 Å². The summed E-state index contributed by atoms with van der Waals surface area (Å²) in [5.41, 5.74) is 5.32. The molecular formula is C38H70NO8P.